The van der Waals surface area contributed by atoms with Crippen molar-refractivity contribution in [3.05, 3.63) is 12.1 Å². The number of anilines is 2. The molecule has 98 valence electrons. The molecule has 2 N–H and O–H groups in total. The van der Waals surface area contributed by atoms with Gasteiger partial charge in [0.15, 0.2) is 5.82 Å². The van der Waals surface area contributed by atoms with E-state index in [1.807, 2.05) is 12.1 Å². The Labute approximate surface area is 108 Å². The van der Waals surface area contributed by atoms with Gasteiger partial charge in [0.2, 0.25) is 5.88 Å². The van der Waals surface area contributed by atoms with Crippen LogP contribution in [0.3, 0.4) is 0 Å². The van der Waals surface area contributed by atoms with Crippen molar-refractivity contribution >= 4 is 11.5 Å². The van der Waals surface area contributed by atoms with Gasteiger partial charge in [-0.3, -0.25) is 0 Å². The fraction of sp³-hybridized carbons (Fsp3) is 0.643. The first-order valence-corrected chi connectivity index (χ1v) is 6.92. The van der Waals surface area contributed by atoms with Crippen molar-refractivity contribution < 1.29 is 4.74 Å². The molecule has 0 saturated heterocycles. The highest BCUT2D eigenvalue weighted by Crippen LogP contribution is 2.33. The summed E-state index contributed by atoms with van der Waals surface area (Å²) in [5, 5.41) is 7.07. The molecule has 4 heteroatoms. The van der Waals surface area contributed by atoms with Gasteiger partial charge in [0.05, 0.1) is 12.8 Å². The van der Waals surface area contributed by atoms with Crippen LogP contribution in [-0.4, -0.2) is 24.7 Å². The molecule has 2 aliphatic rings. The van der Waals surface area contributed by atoms with E-state index in [0.29, 0.717) is 11.9 Å². The second-order valence-corrected chi connectivity index (χ2v) is 5.28. The SMILES string of the molecule is COc1ccc2c(n1)NC(C1CCCCC1)CN2. The summed E-state index contributed by atoms with van der Waals surface area (Å²) in [6.07, 6.45) is 6.85. The fourth-order valence-corrected chi connectivity index (χ4v) is 3.08. The normalized spacial score (nSPS) is 23.7. The average molecular weight is 247 g/mol. The maximum Gasteiger partial charge on any atom is 0.215 e. The summed E-state index contributed by atoms with van der Waals surface area (Å²) in [4.78, 5) is 4.48. The molecule has 1 atom stereocenters. The Balaban J connectivity index is 1.74. The number of rotatable bonds is 2. The van der Waals surface area contributed by atoms with E-state index in [0.717, 1.165) is 24.0 Å². The van der Waals surface area contributed by atoms with Gasteiger partial charge in [-0.25, -0.2) is 0 Å². The van der Waals surface area contributed by atoms with Gasteiger partial charge in [-0.15, -0.1) is 0 Å². The van der Waals surface area contributed by atoms with Crippen molar-refractivity contribution in [3.63, 3.8) is 0 Å². The molecule has 2 heterocycles. The Hall–Kier alpha value is -1.45. The molecule has 1 aromatic rings. The second kappa shape index (κ2) is 5.04. The third kappa shape index (κ3) is 2.24. The lowest BCUT2D eigenvalue weighted by Gasteiger charge is -2.35. The van der Waals surface area contributed by atoms with E-state index >= 15 is 0 Å². The minimum atomic E-state index is 0.511. The summed E-state index contributed by atoms with van der Waals surface area (Å²) in [5.41, 5.74) is 1.09. The molecule has 1 unspecified atom stereocenters. The first kappa shape index (κ1) is 11.6. The standard InChI is InChI=1S/C14H21N3O/c1-18-13-8-7-11-14(17-13)16-12(9-15-11)10-5-3-2-4-6-10/h7-8,10,12,15H,2-6,9H2,1H3,(H,16,17). The maximum absolute atomic E-state index is 5.18. The molecular weight excluding hydrogens is 226 g/mol. The average Bonchev–Trinajstić information content (AvgIpc) is 2.47. The second-order valence-electron chi connectivity index (χ2n) is 5.28. The van der Waals surface area contributed by atoms with Gasteiger partial charge in [-0.1, -0.05) is 19.3 Å². The lowest BCUT2D eigenvalue weighted by molar-refractivity contribution is 0.321. The van der Waals surface area contributed by atoms with Crippen LogP contribution in [0.1, 0.15) is 32.1 Å². The van der Waals surface area contributed by atoms with Crippen LogP contribution in [0.15, 0.2) is 12.1 Å². The van der Waals surface area contributed by atoms with Crippen molar-refractivity contribution in [1.82, 2.24) is 4.98 Å². The highest BCUT2D eigenvalue weighted by molar-refractivity contribution is 5.67. The number of hydrogen-bond donors (Lipinski definition) is 2. The van der Waals surface area contributed by atoms with Crippen molar-refractivity contribution in [2.24, 2.45) is 5.92 Å². The smallest absolute Gasteiger partial charge is 0.215 e. The third-order valence-corrected chi connectivity index (χ3v) is 4.13. The molecular formula is C14H21N3O. The first-order valence-electron chi connectivity index (χ1n) is 6.92. The third-order valence-electron chi connectivity index (χ3n) is 4.13. The number of aromatic nitrogens is 1. The number of pyridine rings is 1. The van der Waals surface area contributed by atoms with E-state index in [-0.39, 0.29) is 0 Å². The number of hydrogen-bond acceptors (Lipinski definition) is 4. The lowest BCUT2D eigenvalue weighted by atomic mass is 9.83. The van der Waals surface area contributed by atoms with E-state index in [1.54, 1.807) is 7.11 Å². The summed E-state index contributed by atoms with van der Waals surface area (Å²) in [7, 11) is 1.66. The van der Waals surface area contributed by atoms with Crippen LogP contribution in [0.4, 0.5) is 11.5 Å². The molecule has 1 aliphatic carbocycles. The van der Waals surface area contributed by atoms with Gasteiger partial charge < -0.3 is 15.4 Å². The summed E-state index contributed by atoms with van der Waals surface area (Å²) in [6.45, 7) is 1.01. The number of nitrogens with zero attached hydrogens (tertiary/aromatic N) is 1. The zero-order valence-electron chi connectivity index (χ0n) is 10.9. The fourth-order valence-electron chi connectivity index (χ4n) is 3.08. The van der Waals surface area contributed by atoms with Crippen LogP contribution in [0.5, 0.6) is 5.88 Å². The molecule has 18 heavy (non-hydrogen) atoms. The highest BCUT2D eigenvalue weighted by atomic mass is 16.5. The Morgan fingerprint density at radius 3 is 2.83 bits per heavy atom. The highest BCUT2D eigenvalue weighted by Gasteiger charge is 2.27. The summed E-state index contributed by atoms with van der Waals surface area (Å²) >= 11 is 0. The van der Waals surface area contributed by atoms with Gasteiger partial charge >= 0.3 is 0 Å². The summed E-state index contributed by atoms with van der Waals surface area (Å²) in [6, 6.07) is 4.44. The molecule has 0 amide bonds. The van der Waals surface area contributed by atoms with Crippen LogP contribution in [0, 0.1) is 5.92 Å². The topological polar surface area (TPSA) is 46.2 Å². The minimum absolute atomic E-state index is 0.511. The number of methoxy groups -OCH3 is 1. The monoisotopic (exact) mass is 247 g/mol. The minimum Gasteiger partial charge on any atom is -0.481 e. The molecule has 3 rings (SSSR count). The van der Waals surface area contributed by atoms with E-state index in [9.17, 15) is 0 Å². The molecule has 1 saturated carbocycles. The molecule has 1 fully saturated rings. The molecule has 1 aliphatic heterocycles. The maximum atomic E-state index is 5.18. The van der Waals surface area contributed by atoms with Crippen LogP contribution >= 0.6 is 0 Å². The van der Waals surface area contributed by atoms with Crippen molar-refractivity contribution in [3.8, 4) is 5.88 Å². The van der Waals surface area contributed by atoms with E-state index < -0.39 is 0 Å². The number of fused-ring (bicyclic) bond motifs is 1. The van der Waals surface area contributed by atoms with Crippen LogP contribution in [0.25, 0.3) is 0 Å². The van der Waals surface area contributed by atoms with E-state index in [4.69, 9.17) is 4.74 Å². The summed E-state index contributed by atoms with van der Waals surface area (Å²) in [5.74, 6) is 2.40. The Morgan fingerprint density at radius 2 is 2.06 bits per heavy atom. The molecule has 0 radical (unpaired) electrons. The predicted molar refractivity (Wildman–Crippen MR) is 73.3 cm³/mol. The van der Waals surface area contributed by atoms with Gasteiger partial charge in [0.25, 0.3) is 0 Å². The Morgan fingerprint density at radius 1 is 1.22 bits per heavy atom. The van der Waals surface area contributed by atoms with Gasteiger partial charge in [-0.05, 0) is 24.8 Å². The molecule has 0 aromatic carbocycles. The Bertz CT molecular complexity index is 416. The molecule has 4 nitrogen and oxygen atoms in total. The van der Waals surface area contributed by atoms with Crippen molar-refractivity contribution in [2.75, 3.05) is 24.3 Å². The van der Waals surface area contributed by atoms with E-state index in [2.05, 4.69) is 15.6 Å². The Kier molecular flexibility index (Phi) is 3.26. The van der Waals surface area contributed by atoms with Gasteiger partial charge in [-0.2, -0.15) is 4.98 Å². The summed E-state index contributed by atoms with van der Waals surface area (Å²) < 4.78 is 5.18. The first-order chi connectivity index (χ1) is 8.86. The molecule has 0 spiro atoms. The zero-order valence-corrected chi connectivity index (χ0v) is 10.9. The predicted octanol–water partition coefficient (Wildman–Crippen LogP) is 2.88. The van der Waals surface area contributed by atoms with E-state index in [1.165, 1.54) is 32.1 Å². The van der Waals surface area contributed by atoms with Gasteiger partial charge in [0, 0.05) is 18.7 Å². The number of ether oxygens (including phenoxy) is 1. The van der Waals surface area contributed by atoms with Crippen molar-refractivity contribution in [2.45, 2.75) is 38.1 Å². The molecule has 1 aromatic heterocycles. The van der Waals surface area contributed by atoms with Crippen LogP contribution < -0.4 is 15.4 Å². The van der Waals surface area contributed by atoms with Crippen LogP contribution in [-0.2, 0) is 0 Å². The zero-order chi connectivity index (χ0) is 12.4. The van der Waals surface area contributed by atoms with Crippen LogP contribution in [0.2, 0.25) is 0 Å². The van der Waals surface area contributed by atoms with Gasteiger partial charge in [0.1, 0.15) is 0 Å². The largest absolute Gasteiger partial charge is 0.481 e. The lowest BCUT2D eigenvalue weighted by Crippen LogP contribution is -2.40. The quantitative estimate of drug-likeness (QED) is 0.843. The number of nitrogens with one attached hydrogen (secondary N) is 2. The molecule has 0 bridgehead atoms. The van der Waals surface area contributed by atoms with Crippen molar-refractivity contribution in [1.29, 1.82) is 0 Å².